The quantitative estimate of drug-likeness (QED) is 0.121. The summed E-state index contributed by atoms with van der Waals surface area (Å²) in [5.41, 5.74) is 0. The van der Waals surface area contributed by atoms with Gasteiger partial charge in [0.15, 0.2) is 7.45 Å². The van der Waals surface area contributed by atoms with Crippen LogP contribution < -0.4 is 10.4 Å². The number of hydrogen-bond donors (Lipinski definition) is 2. The molecule has 0 rings (SSSR count). The maximum absolute atomic E-state index is 3.14. The molecule has 0 aromatic rings. The van der Waals surface area contributed by atoms with Gasteiger partial charge >= 0.3 is 0 Å². The highest BCUT2D eigenvalue weighted by molar-refractivity contribution is 9.23. The third-order valence-electron chi connectivity index (χ3n) is 3.22. The third kappa shape index (κ3) is 20.0. The van der Waals surface area contributed by atoms with Crippen molar-refractivity contribution in [2.24, 2.45) is 0 Å². The monoisotopic (exact) mass is 723 g/mol. The van der Waals surface area contributed by atoms with E-state index in [-0.39, 0.29) is 49.4 Å². The van der Waals surface area contributed by atoms with Crippen molar-refractivity contribution < 1.29 is 5.09 Å². The van der Waals surface area contributed by atoms with Crippen LogP contribution in [0.15, 0.2) is 85.2 Å². The van der Waals surface area contributed by atoms with Crippen molar-refractivity contribution in [2.75, 3.05) is 13.6 Å². The Hall–Kier alpha value is 4.39. The van der Waals surface area contributed by atoms with Gasteiger partial charge in [0.05, 0.1) is 20.5 Å². The minimum absolute atomic E-state index is 0.0223. The molecule has 0 spiro atoms. The summed E-state index contributed by atoms with van der Waals surface area (Å²) in [7, 11) is 26.9. The molecule has 0 fully saturated rings. The summed E-state index contributed by atoms with van der Waals surface area (Å²) in [6.07, 6.45) is 28.7. The van der Waals surface area contributed by atoms with Crippen LogP contribution in [0.2, 0.25) is 0 Å². The first-order valence-corrected chi connectivity index (χ1v) is 36.1. The summed E-state index contributed by atoms with van der Waals surface area (Å²) >= 11 is 0. The van der Waals surface area contributed by atoms with Gasteiger partial charge in [0, 0.05) is 7.05 Å². The number of quaternary nitrogens is 1. The molecule has 3 N–H and O–H groups in total. The third-order valence-corrected chi connectivity index (χ3v) is 89.0. The van der Waals surface area contributed by atoms with Gasteiger partial charge in [0.25, 0.3) is 0 Å². The predicted octanol–water partition coefficient (Wildman–Crippen LogP) is 10.7. The molecule has 8 atom stereocenters. The summed E-state index contributed by atoms with van der Waals surface area (Å²) in [5, 5.41) is 5.64. The second-order valence-electron chi connectivity index (χ2n) is 5.80. The van der Waals surface area contributed by atoms with Crippen LogP contribution >= 0.6 is 121 Å². The van der Waals surface area contributed by atoms with Crippen LogP contribution in [0.4, 0.5) is 0 Å². The Kier molecular flexibility index (Phi) is 28.7. The van der Waals surface area contributed by atoms with E-state index in [0.717, 1.165) is 6.54 Å². The molecule has 0 aromatic heterocycles. The largest absolute Gasteiger partial charge is 0.394 e. The van der Waals surface area contributed by atoms with E-state index in [2.05, 4.69) is 112 Å². The van der Waals surface area contributed by atoms with Crippen LogP contribution in [0.3, 0.4) is 0 Å². The normalized spacial score (nSPS) is 14.3. The first kappa shape index (κ1) is 37.4. The van der Waals surface area contributed by atoms with Gasteiger partial charge in [0.1, 0.15) is 0 Å². The zero-order valence-electron chi connectivity index (χ0n) is 18.6. The highest BCUT2D eigenvalue weighted by Crippen LogP contribution is 3.19. The van der Waals surface area contributed by atoms with Crippen molar-refractivity contribution in [3.05, 3.63) is 85.2 Å². The molecule has 0 heterocycles. The van der Waals surface area contributed by atoms with Gasteiger partial charge in [-0.3, -0.25) is 0 Å². The lowest BCUT2D eigenvalue weighted by molar-refractivity contribution is -0.477. The Morgan fingerprint density at radius 2 is 0.879 bits per heavy atom. The van der Waals surface area contributed by atoms with E-state index >= 15 is 0 Å². The average Bonchev–Trinajstić information content (AvgIpc) is 2.72. The Bertz CT molecular complexity index is 664. The van der Waals surface area contributed by atoms with Gasteiger partial charge in [-0.25, -0.2) is 0 Å². The minimum atomic E-state index is -0.0539. The van der Waals surface area contributed by atoms with Crippen LogP contribution in [-0.4, -0.2) is 13.6 Å². The molecule has 186 valence electrons. The smallest absolute Gasteiger partial charge is 0.166 e. The number of rotatable bonds is 16. The summed E-state index contributed by atoms with van der Waals surface area (Å²) in [4.78, 5) is 0. The van der Waals surface area contributed by atoms with Crippen LogP contribution in [0.5, 0.6) is 0 Å². The highest BCUT2D eigenvalue weighted by Gasteiger charge is 2.41. The summed E-state index contributed by atoms with van der Waals surface area (Å²) in [6.45, 7) is 0.892. The SMILES string of the molecule is CNC=CC=CC=CC=CC=CC=CC=CC[NH2+]P(P(P(P)P)P(P)P)P(P(P)P)P(P)P. The number of allylic oxidation sites excluding steroid dienone is 12. The standard InChI is InChI=1S/C16H37N2P15/c1-17-15-13-11-9-7-5-3-2-4-6-8-10-12-14-16-18-27(32(28(19)20)29(21)22)33(30(23)24)31(25)26/h2-15,17-18H,16,19-26H2,1H3/p+1. The van der Waals surface area contributed by atoms with Crippen molar-refractivity contribution in [2.45, 2.75) is 0 Å². The molecule has 0 aliphatic carbocycles. The first-order chi connectivity index (χ1) is 15.7. The van der Waals surface area contributed by atoms with E-state index < -0.39 is 0 Å². The summed E-state index contributed by atoms with van der Waals surface area (Å²) in [6, 6.07) is 0. The molecule has 17 heteroatoms. The van der Waals surface area contributed by atoms with Gasteiger partial charge in [-0.15, -0.1) is 71.4 Å². The highest BCUT2D eigenvalue weighted by atomic mass is 33.3. The lowest BCUT2D eigenvalue weighted by atomic mass is 10.3. The van der Waals surface area contributed by atoms with E-state index in [1.165, 1.54) is 0 Å². The minimum Gasteiger partial charge on any atom is -0.394 e. The Morgan fingerprint density at radius 3 is 1.21 bits per heavy atom. The molecule has 0 radical (unpaired) electrons. The van der Waals surface area contributed by atoms with Crippen LogP contribution in [0.25, 0.3) is 0 Å². The molecule has 2 nitrogen and oxygen atoms in total. The fourth-order valence-electron chi connectivity index (χ4n) is 1.98. The fraction of sp³-hybridized carbons (Fsp3) is 0.125. The molecule has 0 saturated heterocycles. The second kappa shape index (κ2) is 25.4. The van der Waals surface area contributed by atoms with Gasteiger partial charge in [-0.05, 0) is 46.3 Å². The summed E-state index contributed by atoms with van der Waals surface area (Å²) in [5.74, 6) is 0. The Balaban J connectivity index is 4.75. The van der Waals surface area contributed by atoms with Crippen LogP contribution in [0.1, 0.15) is 0 Å². The second-order valence-corrected chi connectivity index (χ2v) is 63.8. The number of nitrogens with one attached hydrogen (secondary N) is 1. The van der Waals surface area contributed by atoms with Gasteiger partial charge in [0.2, 0.25) is 0 Å². The van der Waals surface area contributed by atoms with Crippen molar-refractivity contribution in [3.8, 4) is 0 Å². The molecular weight excluding hydrogens is 685 g/mol. The predicted molar refractivity (Wildman–Crippen MR) is 206 cm³/mol. The van der Waals surface area contributed by atoms with E-state index in [0.29, 0.717) is 0 Å². The van der Waals surface area contributed by atoms with Crippen LogP contribution in [-0.2, 0) is 0 Å². The van der Waals surface area contributed by atoms with E-state index in [1.807, 2.05) is 61.9 Å². The molecule has 0 saturated carbocycles. The molecular formula is C16H38N2P15+. The Labute approximate surface area is 228 Å². The lowest BCUT2D eigenvalue weighted by Gasteiger charge is -2.37. The molecule has 0 aliphatic heterocycles. The molecule has 0 aliphatic rings. The van der Waals surface area contributed by atoms with Crippen molar-refractivity contribution in [1.29, 1.82) is 0 Å². The van der Waals surface area contributed by atoms with Gasteiger partial charge in [-0.2, -0.15) is 0 Å². The lowest BCUT2D eigenvalue weighted by Crippen LogP contribution is -2.75. The topological polar surface area (TPSA) is 28.6 Å². The summed E-state index contributed by atoms with van der Waals surface area (Å²) < 4.78 is 0. The zero-order chi connectivity index (χ0) is 25.1. The maximum Gasteiger partial charge on any atom is 0.166 e. The maximum atomic E-state index is 3.14. The molecule has 0 aromatic carbocycles. The van der Waals surface area contributed by atoms with Gasteiger partial charge < -0.3 is 10.4 Å². The van der Waals surface area contributed by atoms with Crippen molar-refractivity contribution in [3.63, 3.8) is 0 Å². The fourth-order valence-corrected chi connectivity index (χ4v) is 145. The molecule has 0 bridgehead atoms. The Morgan fingerprint density at radius 1 is 0.545 bits per heavy atom. The first-order valence-electron chi connectivity index (χ1n) is 9.46. The van der Waals surface area contributed by atoms with Crippen molar-refractivity contribution in [1.82, 2.24) is 5.32 Å². The van der Waals surface area contributed by atoms with Crippen molar-refractivity contribution >= 4 is 121 Å². The zero-order valence-corrected chi connectivity index (χ0v) is 34.1. The van der Waals surface area contributed by atoms with Gasteiger partial charge in [-0.1, -0.05) is 66.8 Å². The molecule has 33 heavy (non-hydrogen) atoms. The molecule has 0 amide bonds. The average molecular weight is 723 g/mol. The van der Waals surface area contributed by atoms with Crippen LogP contribution in [0, 0.1) is 0 Å². The molecule has 8 unspecified atom stereocenters. The van der Waals surface area contributed by atoms with E-state index in [1.54, 1.807) is 0 Å². The van der Waals surface area contributed by atoms with E-state index in [9.17, 15) is 0 Å². The van der Waals surface area contributed by atoms with E-state index in [4.69, 9.17) is 0 Å². The number of hydrogen-bond acceptors (Lipinski definition) is 1. The number of nitrogens with two attached hydrogens (primary N) is 1.